The number of hydrogen-bond acceptors (Lipinski definition) is 6. The number of halogens is 2. The summed E-state index contributed by atoms with van der Waals surface area (Å²) in [5, 5.41) is 15.4. The van der Waals surface area contributed by atoms with E-state index in [0.717, 1.165) is 48.4 Å². The van der Waals surface area contributed by atoms with E-state index in [0.29, 0.717) is 24.5 Å². The average Bonchev–Trinajstić information content (AvgIpc) is 3.23. The van der Waals surface area contributed by atoms with E-state index in [-0.39, 0.29) is 23.6 Å². The lowest BCUT2D eigenvalue weighted by molar-refractivity contribution is -0.135. The molecule has 0 amide bonds. The Balaban J connectivity index is 0.00000118. The smallest absolute Gasteiger partial charge is 0.317 e. The summed E-state index contributed by atoms with van der Waals surface area (Å²) < 4.78 is 34.1. The lowest BCUT2D eigenvalue weighted by Crippen LogP contribution is -2.23. The highest BCUT2D eigenvalue weighted by molar-refractivity contribution is 6.11. The molecule has 4 N–H and O–H groups in total. The number of anilines is 1. The largest absolute Gasteiger partial charge is 0.494 e. The molecule has 10 heteroatoms. The molecule has 0 radical (unpaired) electrons. The Kier molecular flexibility index (Phi) is 12.4. The number of carboxylic acid groups (broad SMARTS) is 1. The third-order valence-electron chi connectivity index (χ3n) is 5.08. The Morgan fingerprint density at radius 3 is 2.47 bits per heavy atom. The molecule has 0 aliphatic heterocycles. The predicted molar refractivity (Wildman–Crippen MR) is 143 cm³/mol. The van der Waals surface area contributed by atoms with E-state index >= 15 is 0 Å². The van der Waals surface area contributed by atoms with Crippen LogP contribution in [-0.4, -0.2) is 46.3 Å². The summed E-state index contributed by atoms with van der Waals surface area (Å²) in [6.45, 7) is 7.60. The second-order valence-corrected chi connectivity index (χ2v) is 9.37. The second kappa shape index (κ2) is 15.5. The van der Waals surface area contributed by atoms with E-state index < -0.39 is 23.4 Å². The predicted octanol–water partition coefficient (Wildman–Crippen LogP) is 5.24. The molecule has 206 valence electrons. The monoisotopic (exact) mass is 530 g/mol. The van der Waals surface area contributed by atoms with Crippen molar-refractivity contribution in [3.05, 3.63) is 71.4 Å². The van der Waals surface area contributed by atoms with Crippen LogP contribution in [0.1, 0.15) is 62.4 Å². The van der Waals surface area contributed by atoms with Crippen LogP contribution in [0.5, 0.6) is 5.75 Å². The Morgan fingerprint density at radius 2 is 1.79 bits per heavy atom. The Bertz CT molecular complexity index is 1190. The number of carboxylic acids is 1. The normalized spacial score (nSPS) is 10.7. The van der Waals surface area contributed by atoms with Crippen LogP contribution in [0.3, 0.4) is 0 Å². The first-order valence-corrected chi connectivity index (χ1v) is 12.6. The summed E-state index contributed by atoms with van der Waals surface area (Å²) in [7, 11) is 0. The van der Waals surface area contributed by atoms with Gasteiger partial charge in [-0.25, -0.2) is 13.5 Å². The van der Waals surface area contributed by atoms with Gasteiger partial charge in [-0.1, -0.05) is 45.7 Å². The van der Waals surface area contributed by atoms with E-state index in [9.17, 15) is 18.4 Å². The van der Waals surface area contributed by atoms with Gasteiger partial charge in [0.05, 0.1) is 24.9 Å². The zero-order chi connectivity index (χ0) is 28.1. The first kappa shape index (κ1) is 30.4. The zero-order valence-corrected chi connectivity index (χ0v) is 22.0. The van der Waals surface area contributed by atoms with Crippen molar-refractivity contribution in [1.82, 2.24) is 15.1 Å². The fourth-order valence-corrected chi connectivity index (χ4v) is 3.35. The third-order valence-corrected chi connectivity index (χ3v) is 5.08. The van der Waals surface area contributed by atoms with Crippen molar-refractivity contribution >= 4 is 17.6 Å². The van der Waals surface area contributed by atoms with E-state index in [1.165, 1.54) is 12.3 Å². The molecular weight excluding hydrogens is 494 g/mol. The summed E-state index contributed by atoms with van der Waals surface area (Å²) in [5.74, 6) is -1.53. The van der Waals surface area contributed by atoms with Gasteiger partial charge >= 0.3 is 5.97 Å². The number of nitrogens with zero attached hydrogens (tertiary/aromatic N) is 2. The van der Waals surface area contributed by atoms with Gasteiger partial charge in [0.1, 0.15) is 23.1 Å². The molecule has 0 bridgehead atoms. The van der Waals surface area contributed by atoms with Gasteiger partial charge in [0, 0.05) is 11.6 Å². The highest BCUT2D eigenvalue weighted by Crippen LogP contribution is 2.24. The number of nitrogen functional groups attached to an aromatic ring is 1. The van der Waals surface area contributed by atoms with E-state index in [1.54, 1.807) is 24.3 Å². The van der Waals surface area contributed by atoms with Crippen LogP contribution in [0, 0.1) is 17.6 Å². The molecule has 0 saturated heterocycles. The minimum Gasteiger partial charge on any atom is -0.494 e. The number of ketones is 1. The van der Waals surface area contributed by atoms with Crippen molar-refractivity contribution < 1.29 is 28.2 Å². The quantitative estimate of drug-likeness (QED) is 0.204. The standard InChI is InChI=1S/C24H26F2N4O4.C4H10/c25-17-8-9-21(20(26)13-17)30-24(27)19(14-29-30)23(33)16-6-5-7-18(12-16)34-11-4-2-1-3-10-28-15-22(31)32;1-4(2)3/h5-9,12-14,28H,1-4,10-11,15,27H2,(H,31,32);4H,1-3H3. The van der Waals surface area contributed by atoms with E-state index in [2.05, 4.69) is 31.2 Å². The number of carbonyl (C=O) groups is 2. The molecule has 38 heavy (non-hydrogen) atoms. The molecule has 8 nitrogen and oxygen atoms in total. The van der Waals surface area contributed by atoms with Gasteiger partial charge in [-0.3, -0.25) is 9.59 Å². The molecule has 1 aromatic heterocycles. The first-order valence-electron chi connectivity index (χ1n) is 12.6. The second-order valence-electron chi connectivity index (χ2n) is 9.37. The first-order chi connectivity index (χ1) is 18.1. The average molecular weight is 531 g/mol. The van der Waals surface area contributed by atoms with Crippen LogP contribution in [0.2, 0.25) is 0 Å². The lowest BCUT2D eigenvalue weighted by atomic mass is 10.1. The van der Waals surface area contributed by atoms with Gasteiger partial charge in [-0.15, -0.1) is 0 Å². The third kappa shape index (κ3) is 9.93. The zero-order valence-electron chi connectivity index (χ0n) is 22.0. The van der Waals surface area contributed by atoms with Gasteiger partial charge in [0.2, 0.25) is 0 Å². The minimum absolute atomic E-state index is 0.0340. The van der Waals surface area contributed by atoms with Crippen molar-refractivity contribution in [3.63, 3.8) is 0 Å². The summed E-state index contributed by atoms with van der Waals surface area (Å²) >= 11 is 0. The Morgan fingerprint density at radius 1 is 1.08 bits per heavy atom. The summed E-state index contributed by atoms with van der Waals surface area (Å²) in [4.78, 5) is 23.4. The van der Waals surface area contributed by atoms with Crippen LogP contribution in [-0.2, 0) is 4.79 Å². The fraction of sp³-hybridized carbons (Fsp3) is 0.393. The summed E-state index contributed by atoms with van der Waals surface area (Å²) in [6, 6.07) is 9.66. The molecule has 0 aliphatic carbocycles. The number of rotatable bonds is 13. The molecule has 3 rings (SSSR count). The topological polar surface area (TPSA) is 119 Å². The van der Waals surface area contributed by atoms with Crippen molar-refractivity contribution in [2.45, 2.75) is 46.5 Å². The maximum absolute atomic E-state index is 14.1. The number of aliphatic carboxylic acids is 1. The SMILES string of the molecule is CC(C)C.Nc1c(C(=O)c2cccc(OCCCCCCNCC(=O)O)c2)cnn1-c1ccc(F)cc1F. The molecule has 3 aromatic rings. The van der Waals surface area contributed by atoms with E-state index in [4.69, 9.17) is 15.6 Å². The van der Waals surface area contributed by atoms with Crippen molar-refractivity contribution in [1.29, 1.82) is 0 Å². The molecule has 0 aliphatic rings. The van der Waals surface area contributed by atoms with Gasteiger partial charge < -0.3 is 20.9 Å². The number of hydrogen-bond donors (Lipinski definition) is 3. The summed E-state index contributed by atoms with van der Waals surface area (Å²) in [6.07, 6.45) is 4.84. The van der Waals surface area contributed by atoms with Crippen molar-refractivity contribution in [2.24, 2.45) is 5.92 Å². The molecule has 0 fully saturated rings. The van der Waals surface area contributed by atoms with Gasteiger partial charge in [-0.05, 0) is 49.6 Å². The van der Waals surface area contributed by atoms with Crippen molar-refractivity contribution in [3.8, 4) is 11.4 Å². The highest BCUT2D eigenvalue weighted by atomic mass is 19.1. The number of carbonyl (C=O) groups excluding carboxylic acids is 1. The molecule has 0 unspecified atom stereocenters. The molecule has 0 atom stereocenters. The highest BCUT2D eigenvalue weighted by Gasteiger charge is 2.20. The number of aromatic nitrogens is 2. The number of ether oxygens (including phenoxy) is 1. The summed E-state index contributed by atoms with van der Waals surface area (Å²) in [5.41, 5.74) is 6.42. The molecule has 2 aromatic carbocycles. The van der Waals surface area contributed by atoms with Crippen LogP contribution in [0.15, 0.2) is 48.7 Å². The maximum atomic E-state index is 14.1. The van der Waals surface area contributed by atoms with E-state index in [1.807, 2.05) is 0 Å². The molecular formula is C28H36F2N4O4. The van der Waals surface area contributed by atoms with Crippen LogP contribution in [0.4, 0.5) is 14.6 Å². The number of nitrogens with two attached hydrogens (primary N) is 1. The van der Waals surface area contributed by atoms with Gasteiger partial charge in [-0.2, -0.15) is 5.10 Å². The van der Waals surface area contributed by atoms with Gasteiger partial charge in [0.15, 0.2) is 11.6 Å². The molecule has 0 spiro atoms. The van der Waals surface area contributed by atoms with Crippen LogP contribution in [0.25, 0.3) is 5.69 Å². The maximum Gasteiger partial charge on any atom is 0.317 e. The Hall–Kier alpha value is -3.79. The van der Waals surface area contributed by atoms with Gasteiger partial charge in [0.25, 0.3) is 0 Å². The Labute approximate surface area is 221 Å². The van der Waals surface area contributed by atoms with Crippen LogP contribution < -0.4 is 15.8 Å². The number of unbranched alkanes of at least 4 members (excludes halogenated alkanes) is 3. The number of benzene rings is 2. The molecule has 1 heterocycles. The lowest BCUT2D eigenvalue weighted by Gasteiger charge is -2.09. The number of nitrogens with one attached hydrogen (secondary N) is 1. The minimum atomic E-state index is -0.868. The fourth-order valence-electron chi connectivity index (χ4n) is 3.35. The van der Waals surface area contributed by atoms with Crippen molar-refractivity contribution in [2.75, 3.05) is 25.4 Å². The molecule has 0 saturated carbocycles. The van der Waals surface area contributed by atoms with Crippen LogP contribution >= 0.6 is 0 Å².